The monoisotopic (exact) mass is 398 g/mol. The van der Waals surface area contributed by atoms with Gasteiger partial charge in [-0.1, -0.05) is 47.7 Å². The second-order valence-electron chi connectivity index (χ2n) is 8.30. The Kier molecular flexibility index (Phi) is 6.36. The first kappa shape index (κ1) is 20.7. The van der Waals surface area contributed by atoms with Crippen LogP contribution < -0.4 is 5.32 Å². The number of nitrogens with one attached hydrogen (secondary N) is 1. The first-order chi connectivity index (χ1) is 13.2. The lowest BCUT2D eigenvalue weighted by atomic mass is 10.0. The normalized spacial score (nSPS) is 17.5. The van der Waals surface area contributed by atoms with Crippen LogP contribution in [0.3, 0.4) is 0 Å². The van der Waals surface area contributed by atoms with Crippen molar-refractivity contribution in [2.75, 3.05) is 19.6 Å². The van der Waals surface area contributed by atoms with Crippen LogP contribution >= 0.6 is 11.8 Å². The molecule has 3 rings (SSSR count). The van der Waals surface area contributed by atoms with Crippen LogP contribution in [0.4, 0.5) is 4.79 Å². The fraction of sp³-hybridized carbons (Fsp3) is 0.435. The van der Waals surface area contributed by atoms with Gasteiger partial charge in [0.25, 0.3) is 0 Å². The molecule has 1 N–H and O–H groups in total. The molecule has 0 bridgehead atoms. The second-order valence-corrected chi connectivity index (χ2v) is 9.39. The molecule has 28 heavy (non-hydrogen) atoms. The fourth-order valence-corrected chi connectivity index (χ4v) is 4.46. The Morgan fingerprint density at radius 1 is 1.14 bits per heavy atom. The van der Waals surface area contributed by atoms with Crippen LogP contribution in [-0.2, 0) is 4.74 Å². The van der Waals surface area contributed by atoms with Crippen molar-refractivity contribution in [3.05, 3.63) is 59.2 Å². The van der Waals surface area contributed by atoms with E-state index in [1.807, 2.05) is 31.7 Å². The molecule has 1 aliphatic rings. The van der Waals surface area contributed by atoms with Gasteiger partial charge in [-0.2, -0.15) is 0 Å². The minimum atomic E-state index is -0.500. The van der Waals surface area contributed by atoms with Crippen molar-refractivity contribution in [2.45, 2.75) is 56.1 Å². The van der Waals surface area contributed by atoms with Crippen molar-refractivity contribution in [2.24, 2.45) is 0 Å². The first-order valence-electron chi connectivity index (χ1n) is 9.79. The van der Waals surface area contributed by atoms with E-state index in [9.17, 15) is 4.79 Å². The molecule has 1 saturated heterocycles. The molecule has 1 unspecified atom stereocenters. The standard InChI is InChI=1S/C23H30N2O2S/c1-16-10-11-20(17(2)14-16)28-21-9-7-6-8-18(21)19-15-24-12-13-25(19)22(26)27-23(3,4)5/h6-11,14,19,24H,12-13,15H2,1-5H3. The Balaban J connectivity index is 1.90. The van der Waals surface area contributed by atoms with Gasteiger partial charge in [-0.25, -0.2) is 4.79 Å². The lowest BCUT2D eigenvalue weighted by molar-refractivity contribution is 0.0115. The molecule has 150 valence electrons. The number of aryl methyl sites for hydroxylation is 2. The van der Waals surface area contributed by atoms with Crippen LogP contribution in [0.5, 0.6) is 0 Å². The van der Waals surface area contributed by atoms with Crippen LogP contribution in [0, 0.1) is 13.8 Å². The van der Waals surface area contributed by atoms with Crippen molar-refractivity contribution < 1.29 is 9.53 Å². The van der Waals surface area contributed by atoms with Gasteiger partial charge >= 0.3 is 6.09 Å². The Bertz CT molecular complexity index is 845. The van der Waals surface area contributed by atoms with E-state index in [0.717, 1.165) is 18.7 Å². The van der Waals surface area contributed by atoms with E-state index in [0.29, 0.717) is 6.54 Å². The lowest BCUT2D eigenvalue weighted by Crippen LogP contribution is -2.50. The Hall–Kier alpha value is -1.98. The van der Waals surface area contributed by atoms with Crippen molar-refractivity contribution in [1.29, 1.82) is 0 Å². The minimum absolute atomic E-state index is 0.0435. The number of ether oxygens (including phenoxy) is 1. The smallest absolute Gasteiger partial charge is 0.410 e. The number of rotatable bonds is 3. The highest BCUT2D eigenvalue weighted by atomic mass is 32.2. The number of amides is 1. The van der Waals surface area contributed by atoms with Gasteiger partial charge in [-0.05, 0) is 57.9 Å². The number of nitrogens with zero attached hydrogens (tertiary/aromatic N) is 1. The van der Waals surface area contributed by atoms with Gasteiger partial charge < -0.3 is 10.1 Å². The van der Waals surface area contributed by atoms with Crippen LogP contribution in [0.25, 0.3) is 0 Å². The molecule has 5 heteroatoms. The molecule has 1 aliphatic heterocycles. The highest BCUT2D eigenvalue weighted by Crippen LogP contribution is 2.37. The molecule has 4 nitrogen and oxygen atoms in total. The van der Waals surface area contributed by atoms with Crippen LogP contribution in [0.15, 0.2) is 52.3 Å². The van der Waals surface area contributed by atoms with Gasteiger partial charge in [-0.15, -0.1) is 0 Å². The zero-order valence-corrected chi connectivity index (χ0v) is 18.2. The predicted molar refractivity (Wildman–Crippen MR) is 115 cm³/mol. The zero-order chi connectivity index (χ0) is 20.3. The predicted octanol–water partition coefficient (Wildman–Crippen LogP) is 5.34. The minimum Gasteiger partial charge on any atom is -0.444 e. The third-order valence-electron chi connectivity index (χ3n) is 4.70. The number of hydrogen-bond acceptors (Lipinski definition) is 4. The van der Waals surface area contributed by atoms with Gasteiger partial charge in [0.15, 0.2) is 0 Å². The van der Waals surface area contributed by atoms with Crippen LogP contribution in [-0.4, -0.2) is 36.2 Å². The van der Waals surface area contributed by atoms with E-state index in [-0.39, 0.29) is 12.1 Å². The largest absolute Gasteiger partial charge is 0.444 e. The van der Waals surface area contributed by atoms with Gasteiger partial charge in [0.2, 0.25) is 0 Å². The second kappa shape index (κ2) is 8.58. The fourth-order valence-electron chi connectivity index (χ4n) is 3.40. The summed E-state index contributed by atoms with van der Waals surface area (Å²) < 4.78 is 5.67. The SMILES string of the molecule is Cc1ccc(Sc2ccccc2C2CNCCN2C(=O)OC(C)(C)C)c(C)c1. The van der Waals surface area contributed by atoms with E-state index in [2.05, 4.69) is 55.6 Å². The zero-order valence-electron chi connectivity index (χ0n) is 17.4. The highest BCUT2D eigenvalue weighted by Gasteiger charge is 2.32. The third kappa shape index (κ3) is 5.09. The molecule has 0 aromatic heterocycles. The van der Waals surface area contributed by atoms with E-state index in [4.69, 9.17) is 4.74 Å². The number of hydrogen-bond donors (Lipinski definition) is 1. The topological polar surface area (TPSA) is 41.6 Å². The summed E-state index contributed by atoms with van der Waals surface area (Å²) in [6, 6.07) is 14.9. The summed E-state index contributed by atoms with van der Waals surface area (Å²) in [5, 5.41) is 3.43. The van der Waals surface area contributed by atoms with Gasteiger partial charge in [-0.3, -0.25) is 4.90 Å². The molecule has 0 saturated carbocycles. The summed E-state index contributed by atoms with van der Waals surface area (Å²) in [5.41, 5.74) is 3.19. The number of benzene rings is 2. The highest BCUT2D eigenvalue weighted by molar-refractivity contribution is 7.99. The molecule has 1 fully saturated rings. The van der Waals surface area contributed by atoms with Crippen LogP contribution in [0.1, 0.15) is 43.5 Å². The van der Waals surface area contributed by atoms with Crippen LogP contribution in [0.2, 0.25) is 0 Å². The average molecular weight is 399 g/mol. The summed E-state index contributed by atoms with van der Waals surface area (Å²) in [6.07, 6.45) is -0.245. The number of carbonyl (C=O) groups excluding carboxylic acids is 1. The summed E-state index contributed by atoms with van der Waals surface area (Å²) in [5.74, 6) is 0. The van der Waals surface area contributed by atoms with E-state index < -0.39 is 5.60 Å². The van der Waals surface area contributed by atoms with Gasteiger partial charge in [0.05, 0.1) is 6.04 Å². The van der Waals surface area contributed by atoms with E-state index in [1.165, 1.54) is 20.9 Å². The molecule has 2 aromatic rings. The number of piperazine rings is 1. The molecular weight excluding hydrogens is 368 g/mol. The molecule has 1 atom stereocenters. The lowest BCUT2D eigenvalue weighted by Gasteiger charge is -2.38. The third-order valence-corrected chi connectivity index (χ3v) is 5.97. The molecule has 1 heterocycles. The Morgan fingerprint density at radius 2 is 1.89 bits per heavy atom. The van der Waals surface area contributed by atoms with E-state index in [1.54, 1.807) is 11.8 Å². The summed E-state index contributed by atoms with van der Waals surface area (Å²) in [6.45, 7) is 12.1. The summed E-state index contributed by atoms with van der Waals surface area (Å²) >= 11 is 1.76. The molecule has 0 radical (unpaired) electrons. The molecule has 0 spiro atoms. The Morgan fingerprint density at radius 3 is 2.61 bits per heavy atom. The van der Waals surface area contributed by atoms with Crippen molar-refractivity contribution in [3.8, 4) is 0 Å². The average Bonchev–Trinajstić information content (AvgIpc) is 2.63. The van der Waals surface area contributed by atoms with Gasteiger partial charge in [0, 0.05) is 29.4 Å². The maximum Gasteiger partial charge on any atom is 0.410 e. The molecule has 1 amide bonds. The van der Waals surface area contributed by atoms with Gasteiger partial charge in [0.1, 0.15) is 5.60 Å². The maximum absolute atomic E-state index is 12.8. The number of carbonyl (C=O) groups is 1. The molecule has 0 aliphatic carbocycles. The first-order valence-corrected chi connectivity index (χ1v) is 10.6. The van der Waals surface area contributed by atoms with Crippen molar-refractivity contribution in [3.63, 3.8) is 0 Å². The molecular formula is C23H30N2O2S. The molecule has 2 aromatic carbocycles. The quantitative estimate of drug-likeness (QED) is 0.758. The summed E-state index contributed by atoms with van der Waals surface area (Å²) in [4.78, 5) is 17.1. The Labute approximate surface area is 172 Å². The van der Waals surface area contributed by atoms with Crippen molar-refractivity contribution in [1.82, 2.24) is 10.2 Å². The van der Waals surface area contributed by atoms with E-state index >= 15 is 0 Å². The van der Waals surface area contributed by atoms with Crippen molar-refractivity contribution >= 4 is 17.9 Å². The maximum atomic E-state index is 12.8. The summed E-state index contributed by atoms with van der Waals surface area (Å²) in [7, 11) is 0.